The van der Waals surface area contributed by atoms with Gasteiger partial charge in [-0.05, 0) is 18.6 Å². The molecule has 3 unspecified atom stereocenters. The Morgan fingerprint density at radius 3 is 2.80 bits per heavy atom. The molecule has 1 saturated carbocycles. The van der Waals surface area contributed by atoms with Gasteiger partial charge in [0.15, 0.2) is 0 Å². The second-order valence-electron chi connectivity index (χ2n) is 4.10. The third kappa shape index (κ3) is 1.63. The minimum Gasteiger partial charge on any atom is -0.462 e. The quantitative estimate of drug-likeness (QED) is 0.555. The maximum atomic E-state index is 11.5. The first-order valence-corrected chi connectivity index (χ1v) is 5.22. The molecule has 1 heterocycles. The number of esters is 1. The number of hydrogen-bond donors (Lipinski definition) is 0. The van der Waals surface area contributed by atoms with E-state index in [0.717, 1.165) is 6.42 Å². The van der Waals surface area contributed by atoms with Gasteiger partial charge in [-0.1, -0.05) is 18.2 Å². The number of carbonyl (C=O) groups excluding carboxylic acids is 1. The lowest BCUT2D eigenvalue weighted by molar-refractivity contribution is 0.0399. The van der Waals surface area contributed by atoms with E-state index in [2.05, 4.69) is 0 Å². The maximum Gasteiger partial charge on any atom is 0.338 e. The fourth-order valence-corrected chi connectivity index (χ4v) is 2.00. The van der Waals surface area contributed by atoms with Crippen molar-refractivity contribution in [2.75, 3.05) is 6.61 Å². The fourth-order valence-electron chi connectivity index (χ4n) is 2.00. The topological polar surface area (TPSA) is 38.8 Å². The molecule has 0 amide bonds. The van der Waals surface area contributed by atoms with Gasteiger partial charge in [0.2, 0.25) is 0 Å². The standard InChI is InChI=1S/C12H12O3/c13-12(8-4-2-1-3-5-8)14-7-9-6-10-11(9)15-10/h1-5,9-11H,6-7H2. The first kappa shape index (κ1) is 8.92. The van der Waals surface area contributed by atoms with Crippen LogP contribution in [0.5, 0.6) is 0 Å². The van der Waals surface area contributed by atoms with E-state index in [1.807, 2.05) is 18.2 Å². The molecule has 0 bridgehead atoms. The molecule has 0 radical (unpaired) electrons. The summed E-state index contributed by atoms with van der Waals surface area (Å²) in [5.41, 5.74) is 0.616. The zero-order valence-electron chi connectivity index (χ0n) is 8.26. The molecule has 3 atom stereocenters. The Hall–Kier alpha value is -1.35. The van der Waals surface area contributed by atoms with Gasteiger partial charge < -0.3 is 9.47 Å². The highest BCUT2D eigenvalue weighted by atomic mass is 16.6. The van der Waals surface area contributed by atoms with Gasteiger partial charge in [-0.25, -0.2) is 4.79 Å². The zero-order chi connectivity index (χ0) is 10.3. The Morgan fingerprint density at radius 1 is 1.40 bits per heavy atom. The molecule has 0 spiro atoms. The number of fused-ring (bicyclic) bond motifs is 1. The van der Waals surface area contributed by atoms with Gasteiger partial charge in [0.05, 0.1) is 24.4 Å². The van der Waals surface area contributed by atoms with Crippen LogP contribution in [0.4, 0.5) is 0 Å². The van der Waals surface area contributed by atoms with E-state index in [1.165, 1.54) is 0 Å². The average molecular weight is 204 g/mol. The summed E-state index contributed by atoms with van der Waals surface area (Å²) >= 11 is 0. The molecule has 0 aromatic heterocycles. The smallest absolute Gasteiger partial charge is 0.338 e. The van der Waals surface area contributed by atoms with Crippen molar-refractivity contribution in [3.8, 4) is 0 Å². The van der Waals surface area contributed by atoms with Crippen LogP contribution in [0.25, 0.3) is 0 Å². The molecule has 1 aliphatic carbocycles. The molecule has 1 aromatic rings. The molecule has 1 aromatic carbocycles. The number of ether oxygens (including phenoxy) is 2. The van der Waals surface area contributed by atoms with Gasteiger partial charge >= 0.3 is 5.97 Å². The van der Waals surface area contributed by atoms with Gasteiger partial charge in [0, 0.05) is 5.92 Å². The van der Waals surface area contributed by atoms with E-state index in [-0.39, 0.29) is 5.97 Å². The molecule has 3 heteroatoms. The fraction of sp³-hybridized carbons (Fsp3) is 0.417. The van der Waals surface area contributed by atoms with E-state index in [9.17, 15) is 4.79 Å². The summed E-state index contributed by atoms with van der Waals surface area (Å²) in [5, 5.41) is 0. The van der Waals surface area contributed by atoms with E-state index in [4.69, 9.17) is 9.47 Å². The van der Waals surface area contributed by atoms with Crippen LogP contribution in [0.2, 0.25) is 0 Å². The average Bonchev–Trinajstić information content (AvgIpc) is 2.91. The predicted octanol–water partition coefficient (Wildman–Crippen LogP) is 1.63. The molecule has 1 saturated heterocycles. The van der Waals surface area contributed by atoms with Gasteiger partial charge in [0.1, 0.15) is 0 Å². The number of hydrogen-bond acceptors (Lipinski definition) is 3. The molecule has 2 aliphatic rings. The van der Waals surface area contributed by atoms with Crippen molar-refractivity contribution in [2.24, 2.45) is 5.92 Å². The summed E-state index contributed by atoms with van der Waals surface area (Å²) in [6.45, 7) is 0.495. The Balaban J connectivity index is 1.52. The van der Waals surface area contributed by atoms with Gasteiger partial charge in [-0.3, -0.25) is 0 Å². The van der Waals surface area contributed by atoms with Crippen LogP contribution in [-0.4, -0.2) is 24.8 Å². The first-order valence-electron chi connectivity index (χ1n) is 5.22. The summed E-state index contributed by atoms with van der Waals surface area (Å²) in [4.78, 5) is 11.5. The van der Waals surface area contributed by atoms with E-state index >= 15 is 0 Å². The highest BCUT2D eigenvalue weighted by molar-refractivity contribution is 5.89. The molecule has 3 rings (SSSR count). The van der Waals surface area contributed by atoms with Crippen LogP contribution in [0.15, 0.2) is 30.3 Å². The summed E-state index contributed by atoms with van der Waals surface area (Å²) in [7, 11) is 0. The lowest BCUT2D eigenvalue weighted by Gasteiger charge is -2.19. The number of carbonyl (C=O) groups is 1. The summed E-state index contributed by atoms with van der Waals surface area (Å²) < 4.78 is 10.5. The van der Waals surface area contributed by atoms with Crippen molar-refractivity contribution in [3.63, 3.8) is 0 Å². The molecular formula is C12H12O3. The van der Waals surface area contributed by atoms with E-state index in [0.29, 0.717) is 30.3 Å². The molecule has 3 nitrogen and oxygen atoms in total. The Labute approximate surface area is 88.0 Å². The van der Waals surface area contributed by atoms with Crippen molar-refractivity contribution < 1.29 is 14.3 Å². The molecule has 15 heavy (non-hydrogen) atoms. The monoisotopic (exact) mass is 204 g/mol. The van der Waals surface area contributed by atoms with Crippen LogP contribution >= 0.6 is 0 Å². The van der Waals surface area contributed by atoms with Crippen LogP contribution < -0.4 is 0 Å². The third-order valence-electron chi connectivity index (χ3n) is 3.06. The van der Waals surface area contributed by atoms with Crippen LogP contribution in [0, 0.1) is 5.92 Å². The van der Waals surface area contributed by atoms with Crippen molar-refractivity contribution in [1.82, 2.24) is 0 Å². The third-order valence-corrected chi connectivity index (χ3v) is 3.06. The number of epoxide rings is 1. The first-order chi connectivity index (χ1) is 7.34. The van der Waals surface area contributed by atoms with Gasteiger partial charge in [-0.2, -0.15) is 0 Å². The molecule has 2 fully saturated rings. The van der Waals surface area contributed by atoms with Crippen molar-refractivity contribution in [3.05, 3.63) is 35.9 Å². The van der Waals surface area contributed by atoms with Crippen molar-refractivity contribution in [1.29, 1.82) is 0 Å². The van der Waals surface area contributed by atoms with Crippen LogP contribution in [0.1, 0.15) is 16.8 Å². The van der Waals surface area contributed by atoms with E-state index in [1.54, 1.807) is 12.1 Å². The SMILES string of the molecule is O=C(OCC1CC2OC12)c1ccccc1. The largest absolute Gasteiger partial charge is 0.462 e. The maximum absolute atomic E-state index is 11.5. The highest BCUT2D eigenvalue weighted by Crippen LogP contribution is 2.46. The lowest BCUT2D eigenvalue weighted by Crippen LogP contribution is -2.29. The van der Waals surface area contributed by atoms with Crippen LogP contribution in [0.3, 0.4) is 0 Å². The minimum atomic E-state index is -0.236. The Bertz CT molecular complexity index is 374. The zero-order valence-corrected chi connectivity index (χ0v) is 8.26. The van der Waals surface area contributed by atoms with Gasteiger partial charge in [0.25, 0.3) is 0 Å². The second kappa shape index (κ2) is 3.35. The summed E-state index contributed by atoms with van der Waals surface area (Å²) in [5.74, 6) is 0.197. The van der Waals surface area contributed by atoms with Crippen LogP contribution in [-0.2, 0) is 9.47 Å². The summed E-state index contributed by atoms with van der Waals surface area (Å²) in [6.07, 6.45) is 1.91. The number of rotatable bonds is 3. The number of benzene rings is 1. The normalized spacial score (nSPS) is 31.3. The lowest BCUT2D eigenvalue weighted by atomic mass is 9.86. The highest BCUT2D eigenvalue weighted by Gasteiger charge is 2.56. The Kier molecular flexibility index (Phi) is 1.99. The Morgan fingerprint density at radius 2 is 2.20 bits per heavy atom. The second-order valence-corrected chi connectivity index (χ2v) is 4.10. The minimum absolute atomic E-state index is 0.236. The van der Waals surface area contributed by atoms with Gasteiger partial charge in [-0.15, -0.1) is 0 Å². The molecule has 78 valence electrons. The van der Waals surface area contributed by atoms with Crippen molar-refractivity contribution >= 4 is 5.97 Å². The molecular weight excluding hydrogens is 192 g/mol. The molecule has 0 N–H and O–H groups in total. The van der Waals surface area contributed by atoms with E-state index < -0.39 is 0 Å². The van der Waals surface area contributed by atoms with Crippen molar-refractivity contribution in [2.45, 2.75) is 18.6 Å². The predicted molar refractivity (Wildman–Crippen MR) is 53.5 cm³/mol. The molecule has 1 aliphatic heterocycles. The summed E-state index contributed by atoms with van der Waals surface area (Å²) in [6, 6.07) is 9.07.